The minimum absolute atomic E-state index is 0.0512. The average Bonchev–Trinajstić information content (AvgIpc) is 2.85. The summed E-state index contributed by atoms with van der Waals surface area (Å²) < 4.78 is 43.3. The lowest BCUT2D eigenvalue weighted by Gasteiger charge is -2.35. The van der Waals surface area contributed by atoms with Crippen LogP contribution in [0.4, 0.5) is 18.9 Å². The summed E-state index contributed by atoms with van der Waals surface area (Å²) in [6, 6.07) is 12.5. The van der Waals surface area contributed by atoms with Crippen molar-refractivity contribution in [3.05, 3.63) is 82.7 Å². The zero-order chi connectivity index (χ0) is 27.2. The van der Waals surface area contributed by atoms with Gasteiger partial charge in [-0.2, -0.15) is 5.26 Å². The third-order valence-corrected chi connectivity index (χ3v) is 6.25. The molecule has 1 atom stereocenters. The Morgan fingerprint density at radius 1 is 1.35 bits per heavy atom. The molecule has 0 radical (unpaired) electrons. The molecular weight excluding hydrogens is 507 g/mol. The fraction of sp³-hybridized carbons (Fsp3) is 0.269. The highest BCUT2D eigenvalue weighted by molar-refractivity contribution is 6.34. The number of piperidine rings is 1. The van der Waals surface area contributed by atoms with E-state index in [1.165, 1.54) is 36.5 Å². The van der Waals surface area contributed by atoms with Crippen molar-refractivity contribution in [1.29, 1.82) is 5.26 Å². The molecule has 1 saturated heterocycles. The van der Waals surface area contributed by atoms with Crippen LogP contribution in [-0.2, 0) is 0 Å². The van der Waals surface area contributed by atoms with Crippen molar-refractivity contribution in [1.82, 2.24) is 4.90 Å². The maximum atomic E-state index is 13.1. The van der Waals surface area contributed by atoms with Crippen molar-refractivity contribution in [2.75, 3.05) is 18.4 Å². The zero-order valence-corrected chi connectivity index (χ0v) is 20.7. The van der Waals surface area contributed by atoms with Gasteiger partial charge in [0, 0.05) is 30.9 Å². The Hall–Kier alpha value is -3.97. The third-order valence-electron chi connectivity index (χ3n) is 5.92. The van der Waals surface area contributed by atoms with Gasteiger partial charge < -0.3 is 20.7 Å². The second-order valence-electron chi connectivity index (χ2n) is 8.29. The van der Waals surface area contributed by atoms with Crippen LogP contribution in [0.5, 0.6) is 5.75 Å². The topological polar surface area (TPSA) is 104 Å². The van der Waals surface area contributed by atoms with Gasteiger partial charge in [0.1, 0.15) is 17.5 Å². The molecule has 0 saturated carbocycles. The zero-order valence-electron chi connectivity index (χ0n) is 20.0. The molecule has 2 aromatic rings. The lowest BCUT2D eigenvalue weighted by molar-refractivity contribution is -0.274. The summed E-state index contributed by atoms with van der Waals surface area (Å²) in [5.41, 5.74) is 7.44. The van der Waals surface area contributed by atoms with E-state index < -0.39 is 18.0 Å². The van der Waals surface area contributed by atoms with Crippen LogP contribution in [0.15, 0.2) is 71.5 Å². The van der Waals surface area contributed by atoms with Gasteiger partial charge in [0.05, 0.1) is 16.3 Å². The fourth-order valence-electron chi connectivity index (χ4n) is 4.15. The van der Waals surface area contributed by atoms with E-state index in [0.29, 0.717) is 24.4 Å². The number of carbonyl (C=O) groups is 1. The number of ether oxygens (including phenoxy) is 1. The van der Waals surface area contributed by atoms with Crippen molar-refractivity contribution in [2.45, 2.75) is 32.0 Å². The molecular formula is C26H25ClF3N5O2. The van der Waals surface area contributed by atoms with Gasteiger partial charge in [0.15, 0.2) is 5.75 Å². The Kier molecular flexibility index (Phi) is 8.84. The monoisotopic (exact) mass is 531 g/mol. The molecule has 7 nitrogen and oxygen atoms in total. The molecule has 3 rings (SSSR count). The highest BCUT2D eigenvalue weighted by Gasteiger charge is 2.33. The fourth-order valence-corrected chi connectivity index (χ4v) is 4.37. The Morgan fingerprint density at radius 2 is 2.08 bits per heavy atom. The van der Waals surface area contributed by atoms with Gasteiger partial charge >= 0.3 is 6.36 Å². The first-order valence-corrected chi connectivity index (χ1v) is 11.7. The normalized spacial score (nSPS) is 16.9. The summed E-state index contributed by atoms with van der Waals surface area (Å²) in [6.45, 7) is 6.41. The van der Waals surface area contributed by atoms with Crippen molar-refractivity contribution in [3.63, 3.8) is 0 Å². The summed E-state index contributed by atoms with van der Waals surface area (Å²) in [6.07, 6.45) is -2.18. The first-order chi connectivity index (χ1) is 17.5. The molecule has 37 heavy (non-hydrogen) atoms. The molecule has 0 bridgehead atoms. The van der Waals surface area contributed by atoms with E-state index in [1.54, 1.807) is 19.1 Å². The largest absolute Gasteiger partial charge is 0.573 e. The number of amidine groups is 1. The van der Waals surface area contributed by atoms with Gasteiger partial charge in [-0.25, -0.2) is 4.99 Å². The maximum Gasteiger partial charge on any atom is 0.573 e. The number of alkyl halides is 3. The molecule has 0 spiro atoms. The van der Waals surface area contributed by atoms with Crippen LogP contribution >= 0.6 is 11.6 Å². The van der Waals surface area contributed by atoms with Crippen LogP contribution < -0.4 is 15.8 Å². The number of nitrogens with two attached hydrogens (primary N) is 1. The summed E-state index contributed by atoms with van der Waals surface area (Å²) >= 11 is 6.08. The number of anilines is 1. The highest BCUT2D eigenvalue weighted by atomic mass is 35.5. The van der Waals surface area contributed by atoms with Gasteiger partial charge in [-0.1, -0.05) is 36.4 Å². The molecule has 2 aromatic carbocycles. The number of amides is 1. The second-order valence-corrected chi connectivity index (χ2v) is 8.70. The number of aliphatic imine (C=N–C) groups is 1. The van der Waals surface area contributed by atoms with E-state index in [4.69, 9.17) is 17.3 Å². The number of nitrogens with one attached hydrogen (secondary N) is 1. The Labute approximate surface area is 217 Å². The van der Waals surface area contributed by atoms with Crippen molar-refractivity contribution in [3.8, 4) is 11.8 Å². The number of hydrogen-bond donors (Lipinski definition) is 2. The summed E-state index contributed by atoms with van der Waals surface area (Å²) in [7, 11) is 0. The number of nitriles is 1. The standard InChI is InChI=1S/C26H25ClF3N5O2/c1-3-33-24(32)20(14-31)16(2)35-12-6-7-18(15-35)17-10-11-23(37-26(28,29)30)22(13-17)34-25(36)19-8-4-5-9-21(19)27/h3-5,8-11,13,18H,1,6-7,12,15H2,2H3,(H2,32,33)(H,34,36)/b20-16+. The number of hydrogen-bond acceptors (Lipinski definition) is 5. The molecule has 194 valence electrons. The summed E-state index contributed by atoms with van der Waals surface area (Å²) in [5.74, 6) is -1.26. The van der Waals surface area contributed by atoms with E-state index in [0.717, 1.165) is 12.8 Å². The Balaban J connectivity index is 1.93. The van der Waals surface area contributed by atoms with Gasteiger partial charge in [-0.05, 0) is 49.6 Å². The minimum Gasteiger partial charge on any atom is -0.404 e. The number of rotatable bonds is 7. The summed E-state index contributed by atoms with van der Waals surface area (Å²) in [5, 5.41) is 12.2. The van der Waals surface area contributed by atoms with Crippen LogP contribution in [0.2, 0.25) is 5.02 Å². The lowest BCUT2D eigenvalue weighted by atomic mass is 9.89. The number of likely N-dealkylation sites (tertiary alicyclic amines) is 1. The van der Waals surface area contributed by atoms with Gasteiger partial charge in [-0.3, -0.25) is 4.79 Å². The summed E-state index contributed by atoms with van der Waals surface area (Å²) in [4.78, 5) is 18.7. The highest BCUT2D eigenvalue weighted by Crippen LogP contribution is 2.37. The molecule has 11 heteroatoms. The van der Waals surface area contributed by atoms with Crippen molar-refractivity contribution in [2.24, 2.45) is 10.7 Å². The number of halogens is 4. The van der Waals surface area contributed by atoms with Gasteiger partial charge in [-0.15, -0.1) is 13.2 Å². The average molecular weight is 532 g/mol. The molecule has 0 aliphatic carbocycles. The molecule has 1 aliphatic rings. The molecule has 1 aliphatic heterocycles. The first-order valence-electron chi connectivity index (χ1n) is 11.3. The van der Waals surface area contributed by atoms with E-state index >= 15 is 0 Å². The van der Waals surface area contributed by atoms with E-state index in [1.807, 2.05) is 4.90 Å². The van der Waals surface area contributed by atoms with Crippen LogP contribution in [0.25, 0.3) is 0 Å². The first kappa shape index (κ1) is 27.6. The second kappa shape index (κ2) is 11.8. The predicted octanol–water partition coefficient (Wildman–Crippen LogP) is 5.97. The number of benzene rings is 2. The Bertz CT molecular complexity index is 1280. The van der Waals surface area contributed by atoms with Crippen LogP contribution in [0, 0.1) is 11.3 Å². The van der Waals surface area contributed by atoms with E-state index in [9.17, 15) is 23.2 Å². The minimum atomic E-state index is -4.95. The number of carbonyl (C=O) groups excluding carboxylic acids is 1. The van der Waals surface area contributed by atoms with Crippen LogP contribution in [0.1, 0.15) is 41.6 Å². The predicted molar refractivity (Wildman–Crippen MR) is 136 cm³/mol. The van der Waals surface area contributed by atoms with Crippen molar-refractivity contribution >= 4 is 29.0 Å². The third kappa shape index (κ3) is 7.05. The van der Waals surface area contributed by atoms with E-state index in [2.05, 4.69) is 27.7 Å². The number of allylic oxidation sites excluding steroid dienone is 1. The van der Waals surface area contributed by atoms with Crippen molar-refractivity contribution < 1.29 is 22.7 Å². The van der Waals surface area contributed by atoms with Crippen LogP contribution in [-0.4, -0.2) is 36.1 Å². The molecule has 1 unspecified atom stereocenters. The molecule has 3 N–H and O–H groups in total. The Morgan fingerprint density at radius 3 is 2.73 bits per heavy atom. The SMILES string of the molecule is C=CN=C(N)/C(C#N)=C(\C)N1CCCC(c2ccc(OC(F)(F)F)c(NC(=O)c3ccccc3Cl)c2)C1. The van der Waals surface area contributed by atoms with E-state index in [-0.39, 0.29) is 33.6 Å². The lowest BCUT2D eigenvalue weighted by Crippen LogP contribution is -2.35. The quantitative estimate of drug-likeness (QED) is 0.260. The molecule has 1 amide bonds. The molecule has 1 fully saturated rings. The maximum absolute atomic E-state index is 13.1. The molecule has 1 heterocycles. The molecule has 0 aromatic heterocycles. The van der Waals surface area contributed by atoms with Gasteiger partial charge in [0.25, 0.3) is 5.91 Å². The number of nitrogens with zero attached hydrogens (tertiary/aromatic N) is 3. The smallest absolute Gasteiger partial charge is 0.404 e. The van der Waals surface area contributed by atoms with Gasteiger partial charge in [0.2, 0.25) is 0 Å². The van der Waals surface area contributed by atoms with Crippen LogP contribution in [0.3, 0.4) is 0 Å².